The molecule has 3 heteroatoms. The first-order valence-corrected chi connectivity index (χ1v) is 7.82. The van der Waals surface area contributed by atoms with Gasteiger partial charge in [-0.25, -0.2) is 0 Å². The van der Waals surface area contributed by atoms with Crippen molar-refractivity contribution in [1.29, 1.82) is 0 Å². The summed E-state index contributed by atoms with van der Waals surface area (Å²) in [5, 5.41) is 10.2. The summed E-state index contributed by atoms with van der Waals surface area (Å²) in [6, 6.07) is 5.25. The fourth-order valence-electron chi connectivity index (χ4n) is 3.10. The molecule has 0 fully saturated rings. The highest BCUT2D eigenvalue weighted by Gasteiger charge is 2.23. The number of aromatic hydroxyl groups is 1. The predicted octanol–water partition coefficient (Wildman–Crippen LogP) is 4.52. The maximum atomic E-state index is 12.9. The molecule has 0 saturated carbocycles. The van der Waals surface area contributed by atoms with Crippen LogP contribution in [0, 0.1) is 41.5 Å². The van der Waals surface area contributed by atoms with Crippen molar-refractivity contribution in [2.24, 2.45) is 0 Å². The first kappa shape index (κ1) is 17.1. The quantitative estimate of drug-likeness (QED) is 0.886. The van der Waals surface area contributed by atoms with E-state index in [-0.39, 0.29) is 11.7 Å². The van der Waals surface area contributed by atoms with Crippen LogP contribution in [0.5, 0.6) is 5.75 Å². The maximum absolute atomic E-state index is 12.9. The van der Waals surface area contributed by atoms with Gasteiger partial charge < -0.3 is 10.0 Å². The largest absolute Gasteiger partial charge is 0.507 e. The number of carbonyl (C=O) groups excluding carboxylic acids is 1. The van der Waals surface area contributed by atoms with E-state index in [4.69, 9.17) is 0 Å². The van der Waals surface area contributed by atoms with Crippen molar-refractivity contribution in [3.05, 3.63) is 57.1 Å². The van der Waals surface area contributed by atoms with E-state index in [9.17, 15) is 9.90 Å². The number of anilines is 1. The van der Waals surface area contributed by atoms with Crippen LogP contribution in [0.15, 0.2) is 18.2 Å². The summed E-state index contributed by atoms with van der Waals surface area (Å²) in [4.78, 5) is 14.5. The molecule has 1 N–H and O–H groups in total. The van der Waals surface area contributed by atoms with E-state index in [1.165, 1.54) is 16.7 Å². The molecule has 2 aromatic carbocycles. The van der Waals surface area contributed by atoms with Gasteiger partial charge in [0.05, 0.1) is 5.56 Å². The lowest BCUT2D eigenvalue weighted by molar-refractivity contribution is 0.0990. The van der Waals surface area contributed by atoms with E-state index in [1.54, 1.807) is 37.1 Å². The molecule has 1 amide bonds. The molecule has 0 aliphatic rings. The number of hydrogen-bond acceptors (Lipinski definition) is 2. The highest BCUT2D eigenvalue weighted by molar-refractivity contribution is 6.08. The smallest absolute Gasteiger partial charge is 0.261 e. The molecule has 0 heterocycles. The summed E-state index contributed by atoms with van der Waals surface area (Å²) in [6.45, 7) is 12.2. The third-order valence-corrected chi connectivity index (χ3v) is 5.07. The lowest BCUT2D eigenvalue weighted by Gasteiger charge is -2.26. The third-order valence-electron chi connectivity index (χ3n) is 5.07. The molecule has 0 aliphatic heterocycles. The maximum Gasteiger partial charge on any atom is 0.261 e. The molecule has 23 heavy (non-hydrogen) atoms. The number of nitrogens with zero attached hydrogens (tertiary/aromatic N) is 1. The Kier molecular flexibility index (Phi) is 4.51. The first-order chi connectivity index (χ1) is 10.7. The Labute approximate surface area is 138 Å². The van der Waals surface area contributed by atoms with Gasteiger partial charge in [0.15, 0.2) is 0 Å². The van der Waals surface area contributed by atoms with E-state index in [1.807, 2.05) is 13.8 Å². The van der Waals surface area contributed by atoms with Gasteiger partial charge in [0.2, 0.25) is 0 Å². The Morgan fingerprint density at radius 3 is 1.87 bits per heavy atom. The number of hydrogen-bond donors (Lipinski definition) is 1. The Balaban J connectivity index is 2.59. The van der Waals surface area contributed by atoms with Gasteiger partial charge in [0, 0.05) is 12.7 Å². The molecular formula is C20H25NO2. The zero-order valence-corrected chi connectivity index (χ0v) is 15.0. The van der Waals surface area contributed by atoms with Crippen LogP contribution in [0.25, 0.3) is 0 Å². The Morgan fingerprint density at radius 1 is 0.870 bits per heavy atom. The fourth-order valence-corrected chi connectivity index (χ4v) is 3.10. The minimum atomic E-state index is -0.194. The molecule has 0 atom stereocenters. The van der Waals surface area contributed by atoms with Crippen molar-refractivity contribution in [2.75, 3.05) is 11.9 Å². The van der Waals surface area contributed by atoms with E-state index in [0.717, 1.165) is 16.8 Å². The number of rotatable bonds is 2. The Bertz CT molecular complexity index is 762. The van der Waals surface area contributed by atoms with Crippen LogP contribution >= 0.6 is 0 Å². The second kappa shape index (κ2) is 6.07. The Morgan fingerprint density at radius 2 is 1.35 bits per heavy atom. The van der Waals surface area contributed by atoms with Crippen molar-refractivity contribution in [1.82, 2.24) is 0 Å². The second-order valence-corrected chi connectivity index (χ2v) is 6.31. The van der Waals surface area contributed by atoms with Crippen LogP contribution in [0.3, 0.4) is 0 Å². The molecule has 0 spiro atoms. The molecule has 0 aromatic heterocycles. The fraction of sp³-hybridized carbons (Fsp3) is 0.350. The first-order valence-electron chi connectivity index (χ1n) is 7.82. The number of benzene rings is 2. The highest BCUT2D eigenvalue weighted by Crippen LogP contribution is 2.34. The van der Waals surface area contributed by atoms with Crippen molar-refractivity contribution < 1.29 is 9.90 Å². The minimum absolute atomic E-state index is 0.0558. The third kappa shape index (κ3) is 2.72. The van der Waals surface area contributed by atoms with Crippen molar-refractivity contribution in [3.8, 4) is 5.75 Å². The average molecular weight is 311 g/mol. The summed E-state index contributed by atoms with van der Waals surface area (Å²) in [5.74, 6) is -0.139. The van der Waals surface area contributed by atoms with Crippen molar-refractivity contribution >= 4 is 11.6 Å². The summed E-state index contributed by atoms with van der Waals surface area (Å²) in [7, 11) is 1.77. The average Bonchev–Trinajstić information content (AvgIpc) is 2.53. The molecule has 2 aromatic rings. The van der Waals surface area contributed by atoms with E-state index in [2.05, 4.69) is 20.8 Å². The zero-order chi connectivity index (χ0) is 17.5. The van der Waals surface area contributed by atoms with Gasteiger partial charge in [-0.15, -0.1) is 0 Å². The van der Waals surface area contributed by atoms with Crippen LogP contribution < -0.4 is 4.90 Å². The summed E-state index contributed by atoms with van der Waals surface area (Å²) in [5.41, 5.74) is 7.85. The van der Waals surface area contributed by atoms with Gasteiger partial charge in [0.1, 0.15) is 5.75 Å². The second-order valence-electron chi connectivity index (χ2n) is 6.31. The summed E-state index contributed by atoms with van der Waals surface area (Å²) < 4.78 is 0. The van der Waals surface area contributed by atoms with E-state index >= 15 is 0 Å². The number of phenols is 1. The molecule has 2 rings (SSSR count). The van der Waals surface area contributed by atoms with Crippen LogP contribution in [0.2, 0.25) is 0 Å². The number of carbonyl (C=O) groups is 1. The van der Waals surface area contributed by atoms with Gasteiger partial charge in [-0.05, 0) is 81.0 Å². The number of amides is 1. The molecular weight excluding hydrogens is 286 g/mol. The topological polar surface area (TPSA) is 40.5 Å². The molecule has 0 unspecified atom stereocenters. The number of phenolic OH excluding ortho intramolecular Hbond substituents is 1. The molecule has 122 valence electrons. The van der Waals surface area contributed by atoms with E-state index in [0.29, 0.717) is 11.1 Å². The van der Waals surface area contributed by atoms with Gasteiger partial charge in [-0.2, -0.15) is 0 Å². The summed E-state index contributed by atoms with van der Waals surface area (Å²) >= 11 is 0. The predicted molar refractivity (Wildman–Crippen MR) is 95.7 cm³/mol. The van der Waals surface area contributed by atoms with Gasteiger partial charge >= 0.3 is 0 Å². The van der Waals surface area contributed by atoms with Crippen molar-refractivity contribution in [2.45, 2.75) is 41.5 Å². The molecule has 3 nitrogen and oxygen atoms in total. The van der Waals surface area contributed by atoms with Crippen molar-refractivity contribution in [3.63, 3.8) is 0 Å². The van der Waals surface area contributed by atoms with Crippen LogP contribution in [0.1, 0.15) is 43.7 Å². The van der Waals surface area contributed by atoms with Crippen LogP contribution in [0.4, 0.5) is 5.69 Å². The molecule has 0 aliphatic carbocycles. The highest BCUT2D eigenvalue weighted by atomic mass is 16.3. The Hall–Kier alpha value is -2.29. The molecule has 0 radical (unpaired) electrons. The number of para-hydroxylation sites is 1. The van der Waals surface area contributed by atoms with Crippen LogP contribution in [-0.2, 0) is 0 Å². The number of aryl methyl sites for hydroxylation is 1. The minimum Gasteiger partial charge on any atom is -0.507 e. The summed E-state index contributed by atoms with van der Waals surface area (Å²) in [6.07, 6.45) is 0. The monoisotopic (exact) mass is 311 g/mol. The van der Waals surface area contributed by atoms with Gasteiger partial charge in [-0.1, -0.05) is 12.1 Å². The normalized spacial score (nSPS) is 10.7. The van der Waals surface area contributed by atoms with Gasteiger partial charge in [-0.3, -0.25) is 4.79 Å². The standard InChI is InChI=1S/C20H25NO2/c1-11-9-8-10-17(19(11)22)20(23)21(7)18-15(5)13(3)12(2)14(4)16(18)6/h8-10,22H,1-7H3. The SMILES string of the molecule is Cc1cccc(C(=O)N(C)c2c(C)c(C)c(C)c(C)c2C)c1O. The van der Waals surface area contributed by atoms with Crippen LogP contribution in [-0.4, -0.2) is 18.1 Å². The van der Waals surface area contributed by atoms with E-state index < -0.39 is 0 Å². The molecule has 0 saturated heterocycles. The lowest BCUT2D eigenvalue weighted by atomic mass is 9.92. The molecule has 0 bridgehead atoms. The lowest BCUT2D eigenvalue weighted by Crippen LogP contribution is -2.28. The zero-order valence-electron chi connectivity index (χ0n) is 15.0. The van der Waals surface area contributed by atoms with Gasteiger partial charge in [0.25, 0.3) is 5.91 Å².